The Morgan fingerprint density at radius 3 is 2.39 bits per heavy atom. The van der Waals surface area contributed by atoms with Crippen molar-refractivity contribution in [2.75, 3.05) is 0 Å². The highest BCUT2D eigenvalue weighted by Crippen LogP contribution is 2.35. The molecule has 0 amide bonds. The van der Waals surface area contributed by atoms with E-state index in [-0.39, 0.29) is 16.5 Å². The topological polar surface area (TPSA) is 69.4 Å². The van der Waals surface area contributed by atoms with E-state index in [1.165, 1.54) is 12.1 Å². The number of nitrogens with zero attached hydrogens (tertiary/aromatic N) is 1. The molecule has 0 aliphatic carbocycles. The van der Waals surface area contributed by atoms with Gasteiger partial charge in [-0.15, -0.1) is 0 Å². The van der Waals surface area contributed by atoms with Gasteiger partial charge < -0.3 is 8.60 Å². The van der Waals surface area contributed by atoms with Crippen LogP contribution in [0.25, 0.3) is 22.6 Å². The fourth-order valence-corrected chi connectivity index (χ4v) is 3.88. The molecule has 4 aromatic rings. The van der Waals surface area contributed by atoms with Crippen LogP contribution in [0.15, 0.2) is 70.0 Å². The number of aryl methyl sites for hydroxylation is 2. The van der Waals surface area contributed by atoms with Crippen molar-refractivity contribution < 1.29 is 17.0 Å². The second-order valence-corrected chi connectivity index (χ2v) is 8.46. The lowest BCUT2D eigenvalue weighted by Gasteiger charge is -2.11. The van der Waals surface area contributed by atoms with Crippen LogP contribution >= 0.6 is 11.6 Å². The Morgan fingerprint density at radius 2 is 1.64 bits per heavy atom. The molecule has 0 bridgehead atoms. The Bertz CT molecular complexity index is 1280. The fourth-order valence-electron chi connectivity index (χ4n) is 2.77. The van der Waals surface area contributed by atoms with E-state index in [1.54, 1.807) is 48.5 Å². The zero-order valence-electron chi connectivity index (χ0n) is 15.1. The minimum atomic E-state index is -4.00. The molecule has 0 N–H and O–H groups in total. The van der Waals surface area contributed by atoms with Crippen molar-refractivity contribution in [3.63, 3.8) is 0 Å². The summed E-state index contributed by atoms with van der Waals surface area (Å²) < 4.78 is 36.6. The summed E-state index contributed by atoms with van der Waals surface area (Å²) in [7, 11) is -4.00. The van der Waals surface area contributed by atoms with Crippen LogP contribution < -0.4 is 4.18 Å². The number of halogens is 1. The number of benzene rings is 3. The number of hydrogen-bond acceptors (Lipinski definition) is 5. The number of rotatable bonds is 4. The molecule has 0 aliphatic heterocycles. The molecule has 0 saturated carbocycles. The van der Waals surface area contributed by atoms with E-state index in [9.17, 15) is 8.42 Å². The zero-order chi connectivity index (χ0) is 19.9. The van der Waals surface area contributed by atoms with E-state index in [1.807, 2.05) is 13.8 Å². The highest BCUT2D eigenvalue weighted by atomic mass is 35.5. The molecule has 7 heteroatoms. The minimum absolute atomic E-state index is 0.0778. The largest absolute Gasteiger partial charge is 0.436 e. The molecule has 142 valence electrons. The van der Waals surface area contributed by atoms with E-state index < -0.39 is 10.1 Å². The van der Waals surface area contributed by atoms with Crippen molar-refractivity contribution in [3.05, 3.63) is 76.8 Å². The predicted molar refractivity (Wildman–Crippen MR) is 108 cm³/mol. The van der Waals surface area contributed by atoms with Crippen LogP contribution in [0.2, 0.25) is 5.02 Å². The molecule has 3 aromatic carbocycles. The lowest BCUT2D eigenvalue weighted by atomic mass is 10.1. The van der Waals surface area contributed by atoms with Gasteiger partial charge in [0.05, 0.1) is 5.56 Å². The Morgan fingerprint density at radius 1 is 0.929 bits per heavy atom. The molecule has 4 rings (SSSR count). The van der Waals surface area contributed by atoms with Crippen molar-refractivity contribution in [1.82, 2.24) is 4.98 Å². The van der Waals surface area contributed by atoms with Gasteiger partial charge in [-0.05, 0) is 56.3 Å². The molecule has 0 spiro atoms. The first-order valence-electron chi connectivity index (χ1n) is 8.50. The van der Waals surface area contributed by atoms with Crippen LogP contribution in [0.4, 0.5) is 0 Å². The lowest BCUT2D eigenvalue weighted by Crippen LogP contribution is -2.10. The maximum atomic E-state index is 12.7. The summed E-state index contributed by atoms with van der Waals surface area (Å²) in [4.78, 5) is 4.51. The number of aromatic nitrogens is 1. The summed E-state index contributed by atoms with van der Waals surface area (Å²) >= 11 is 6.01. The van der Waals surface area contributed by atoms with Crippen molar-refractivity contribution in [3.8, 4) is 17.2 Å². The molecule has 0 fully saturated rings. The van der Waals surface area contributed by atoms with Crippen LogP contribution in [0.1, 0.15) is 11.1 Å². The summed E-state index contributed by atoms with van der Waals surface area (Å²) in [5.74, 6) is 0.402. The van der Waals surface area contributed by atoms with Gasteiger partial charge >= 0.3 is 10.1 Å². The molecule has 0 saturated heterocycles. The normalized spacial score (nSPS) is 11.7. The van der Waals surface area contributed by atoms with E-state index >= 15 is 0 Å². The first-order valence-corrected chi connectivity index (χ1v) is 10.3. The summed E-state index contributed by atoms with van der Waals surface area (Å²) in [6, 6.07) is 16.7. The van der Waals surface area contributed by atoms with Crippen LogP contribution in [0.5, 0.6) is 5.75 Å². The monoisotopic (exact) mass is 413 g/mol. The van der Waals surface area contributed by atoms with Gasteiger partial charge in [0.15, 0.2) is 11.3 Å². The predicted octanol–water partition coefficient (Wildman–Crippen LogP) is 5.53. The van der Waals surface area contributed by atoms with Crippen LogP contribution in [-0.4, -0.2) is 13.4 Å². The van der Waals surface area contributed by atoms with Gasteiger partial charge in [-0.3, -0.25) is 0 Å². The summed E-state index contributed by atoms with van der Waals surface area (Å²) in [5.41, 5.74) is 3.45. The molecule has 1 aromatic heterocycles. The third kappa shape index (κ3) is 3.61. The van der Waals surface area contributed by atoms with Gasteiger partial charge in [-0.2, -0.15) is 8.42 Å². The Labute approximate surface area is 167 Å². The van der Waals surface area contributed by atoms with Crippen LogP contribution in [-0.2, 0) is 10.1 Å². The van der Waals surface area contributed by atoms with Gasteiger partial charge in [0.1, 0.15) is 10.4 Å². The third-order valence-electron chi connectivity index (χ3n) is 4.22. The summed E-state index contributed by atoms with van der Waals surface area (Å²) in [5, 5.41) is 0.537. The Hall–Kier alpha value is -2.83. The SMILES string of the molecule is Cc1ccc(S(=O)(=O)Oc2ccc(C)cc2-c2nc3cc(Cl)ccc3o2)cc1. The summed E-state index contributed by atoms with van der Waals surface area (Å²) in [6.45, 7) is 3.77. The number of hydrogen-bond donors (Lipinski definition) is 0. The summed E-state index contributed by atoms with van der Waals surface area (Å²) in [6.07, 6.45) is 0. The van der Waals surface area contributed by atoms with E-state index in [2.05, 4.69) is 4.98 Å². The van der Waals surface area contributed by atoms with E-state index in [0.717, 1.165) is 11.1 Å². The zero-order valence-corrected chi connectivity index (χ0v) is 16.7. The van der Waals surface area contributed by atoms with Gasteiger partial charge in [0.25, 0.3) is 0 Å². The maximum Gasteiger partial charge on any atom is 0.339 e. The molecule has 28 heavy (non-hydrogen) atoms. The van der Waals surface area contributed by atoms with E-state index in [0.29, 0.717) is 21.7 Å². The number of fused-ring (bicyclic) bond motifs is 1. The smallest absolute Gasteiger partial charge is 0.339 e. The molecular formula is C21H16ClNO4S. The van der Waals surface area contributed by atoms with Crippen LogP contribution in [0, 0.1) is 13.8 Å². The molecule has 1 heterocycles. The second kappa shape index (κ2) is 6.96. The molecule has 0 atom stereocenters. The molecular weight excluding hydrogens is 398 g/mol. The molecule has 0 unspecified atom stereocenters. The standard InChI is InChI=1S/C21H16ClNO4S/c1-13-3-7-16(8-4-13)28(24,25)27-19-9-5-14(2)11-17(19)21-23-18-12-15(22)6-10-20(18)26-21/h3-12H,1-2H3. The van der Waals surface area contributed by atoms with Crippen molar-refractivity contribution in [2.24, 2.45) is 0 Å². The Kier molecular flexibility index (Phi) is 4.61. The minimum Gasteiger partial charge on any atom is -0.436 e. The fraction of sp³-hybridized carbons (Fsp3) is 0.0952. The molecule has 5 nitrogen and oxygen atoms in total. The average molecular weight is 414 g/mol. The molecule has 0 radical (unpaired) electrons. The average Bonchev–Trinajstić information content (AvgIpc) is 3.06. The number of oxazole rings is 1. The Balaban J connectivity index is 1.79. The van der Waals surface area contributed by atoms with Crippen molar-refractivity contribution >= 4 is 32.8 Å². The van der Waals surface area contributed by atoms with Gasteiger partial charge in [0.2, 0.25) is 5.89 Å². The lowest BCUT2D eigenvalue weighted by molar-refractivity contribution is 0.485. The molecule has 0 aliphatic rings. The quantitative estimate of drug-likeness (QED) is 0.411. The highest BCUT2D eigenvalue weighted by Gasteiger charge is 2.21. The van der Waals surface area contributed by atoms with E-state index in [4.69, 9.17) is 20.2 Å². The highest BCUT2D eigenvalue weighted by molar-refractivity contribution is 7.87. The third-order valence-corrected chi connectivity index (χ3v) is 5.71. The first kappa shape index (κ1) is 18.5. The van der Waals surface area contributed by atoms with Crippen molar-refractivity contribution in [2.45, 2.75) is 18.7 Å². The van der Waals surface area contributed by atoms with Crippen molar-refractivity contribution in [1.29, 1.82) is 0 Å². The first-order chi connectivity index (χ1) is 13.3. The van der Waals surface area contributed by atoms with Gasteiger partial charge in [0, 0.05) is 5.02 Å². The van der Waals surface area contributed by atoms with Gasteiger partial charge in [-0.1, -0.05) is 40.9 Å². The van der Waals surface area contributed by atoms with Gasteiger partial charge in [-0.25, -0.2) is 4.98 Å². The maximum absolute atomic E-state index is 12.7. The van der Waals surface area contributed by atoms with Crippen LogP contribution in [0.3, 0.4) is 0 Å². The second-order valence-electron chi connectivity index (χ2n) is 6.48.